The van der Waals surface area contributed by atoms with Gasteiger partial charge in [0, 0.05) is 18.2 Å². The first kappa shape index (κ1) is 24.0. The molecule has 0 aliphatic rings. The van der Waals surface area contributed by atoms with E-state index in [4.69, 9.17) is 0 Å². The van der Waals surface area contributed by atoms with E-state index in [0.717, 1.165) is 28.8 Å². The molecule has 0 aliphatic carbocycles. The number of carbonyl (C=O) groups excluding carboxylic acids is 1. The van der Waals surface area contributed by atoms with Crippen LogP contribution >= 0.6 is 0 Å². The van der Waals surface area contributed by atoms with E-state index < -0.39 is 23.5 Å². The number of anilines is 1. The average molecular weight is 484 g/mol. The van der Waals surface area contributed by atoms with Crippen molar-refractivity contribution in [1.29, 1.82) is 0 Å². The smallest absolute Gasteiger partial charge is 0.349 e. The summed E-state index contributed by atoms with van der Waals surface area (Å²) in [6.07, 6.45) is -4.56. The van der Waals surface area contributed by atoms with Crippen molar-refractivity contribution in [3.05, 3.63) is 94.6 Å². The fourth-order valence-electron chi connectivity index (χ4n) is 4.09. The van der Waals surface area contributed by atoms with Gasteiger partial charge in [0.05, 0.1) is 11.1 Å². The lowest BCUT2D eigenvalue weighted by Gasteiger charge is -2.11. The zero-order valence-corrected chi connectivity index (χ0v) is 19.1. The lowest BCUT2D eigenvalue weighted by atomic mass is 9.94. The van der Waals surface area contributed by atoms with E-state index in [-0.39, 0.29) is 22.9 Å². The van der Waals surface area contributed by atoms with Gasteiger partial charge in [-0.2, -0.15) is 13.2 Å². The largest absolute Gasteiger partial charge is 0.416 e. The Balaban J connectivity index is 1.71. The predicted molar refractivity (Wildman–Crippen MR) is 123 cm³/mol. The molecule has 1 aromatic heterocycles. The fraction of sp³-hybridized carbons (Fsp3) is 0.154. The Labute approximate surface area is 198 Å². The Morgan fingerprint density at radius 1 is 0.971 bits per heavy atom. The van der Waals surface area contributed by atoms with Gasteiger partial charge < -0.3 is 10.5 Å². The second-order valence-corrected chi connectivity index (χ2v) is 8.25. The normalized spacial score (nSPS) is 11.5. The molecule has 0 radical (unpaired) electrons. The van der Waals surface area contributed by atoms with Gasteiger partial charge in [-0.15, -0.1) is 0 Å². The predicted octanol–water partition coefficient (Wildman–Crippen LogP) is 6.21. The SMILES string of the molecule is Cc1cccc(C)c1-c1cc(-c2[nH]c(C)c(C(=O)Nc3cccc(C(F)(F)F)c3)[n+]2O)ccc1F. The molecular formula is C26H22F4N3O2+. The van der Waals surface area contributed by atoms with Crippen LogP contribution in [0.5, 0.6) is 0 Å². The third kappa shape index (κ3) is 4.62. The Kier molecular flexibility index (Phi) is 6.10. The third-order valence-electron chi connectivity index (χ3n) is 5.74. The van der Waals surface area contributed by atoms with Crippen molar-refractivity contribution in [2.45, 2.75) is 26.9 Å². The third-order valence-corrected chi connectivity index (χ3v) is 5.74. The first-order valence-corrected chi connectivity index (χ1v) is 10.7. The van der Waals surface area contributed by atoms with Crippen molar-refractivity contribution >= 4 is 11.6 Å². The first-order chi connectivity index (χ1) is 16.5. The molecular weight excluding hydrogens is 462 g/mol. The van der Waals surface area contributed by atoms with Crippen molar-refractivity contribution in [3.8, 4) is 22.5 Å². The second-order valence-electron chi connectivity index (χ2n) is 8.25. The molecule has 4 rings (SSSR count). The summed E-state index contributed by atoms with van der Waals surface area (Å²) in [4.78, 5) is 15.7. The molecule has 0 saturated carbocycles. The molecule has 0 unspecified atom stereocenters. The van der Waals surface area contributed by atoms with Gasteiger partial charge in [-0.25, -0.2) is 9.37 Å². The summed E-state index contributed by atoms with van der Waals surface area (Å²) in [5, 5.41) is 13.2. The topological polar surface area (TPSA) is 69.0 Å². The van der Waals surface area contributed by atoms with E-state index in [2.05, 4.69) is 10.3 Å². The van der Waals surface area contributed by atoms with Crippen LogP contribution in [-0.2, 0) is 6.18 Å². The number of benzene rings is 3. The minimum atomic E-state index is -4.56. The molecule has 5 nitrogen and oxygen atoms in total. The number of imidazole rings is 1. The quantitative estimate of drug-likeness (QED) is 0.183. The number of rotatable bonds is 4. The molecule has 0 atom stereocenters. The van der Waals surface area contributed by atoms with Crippen LogP contribution in [-0.4, -0.2) is 16.1 Å². The minimum Gasteiger partial charge on any atom is -0.349 e. The first-order valence-electron chi connectivity index (χ1n) is 10.7. The van der Waals surface area contributed by atoms with Gasteiger partial charge in [-0.1, -0.05) is 24.3 Å². The molecule has 0 aliphatic heterocycles. The second kappa shape index (κ2) is 8.90. The van der Waals surface area contributed by atoms with E-state index in [9.17, 15) is 27.6 Å². The highest BCUT2D eigenvalue weighted by Gasteiger charge is 2.32. The molecule has 0 bridgehead atoms. The molecule has 3 N–H and O–H groups in total. The summed E-state index contributed by atoms with van der Waals surface area (Å²) >= 11 is 0. The van der Waals surface area contributed by atoms with Crippen LogP contribution in [0.25, 0.3) is 22.5 Å². The number of nitrogens with zero attached hydrogens (tertiary/aromatic N) is 1. The number of carbonyl (C=O) groups is 1. The number of hydrogen-bond acceptors (Lipinski definition) is 2. The molecule has 3 aromatic carbocycles. The van der Waals surface area contributed by atoms with Crippen molar-refractivity contribution < 1.29 is 32.3 Å². The molecule has 0 fully saturated rings. The molecule has 180 valence electrons. The summed E-state index contributed by atoms with van der Waals surface area (Å²) in [5.41, 5.74) is 2.30. The monoisotopic (exact) mass is 484 g/mol. The highest BCUT2D eigenvalue weighted by molar-refractivity contribution is 6.02. The van der Waals surface area contributed by atoms with E-state index in [1.165, 1.54) is 31.2 Å². The summed E-state index contributed by atoms with van der Waals surface area (Å²) in [6.45, 7) is 5.28. The van der Waals surface area contributed by atoms with Crippen LogP contribution in [0.1, 0.15) is 32.9 Å². The summed E-state index contributed by atoms with van der Waals surface area (Å²) in [5.74, 6) is -1.14. The molecule has 4 aromatic rings. The minimum absolute atomic E-state index is 0.0777. The van der Waals surface area contributed by atoms with E-state index in [0.29, 0.717) is 15.9 Å². The number of aromatic nitrogens is 2. The highest BCUT2D eigenvalue weighted by atomic mass is 19.4. The number of hydrogen-bond donors (Lipinski definition) is 3. The van der Waals surface area contributed by atoms with Gasteiger partial charge >= 0.3 is 17.9 Å². The Morgan fingerprint density at radius 2 is 1.63 bits per heavy atom. The summed E-state index contributed by atoms with van der Waals surface area (Å²) < 4.78 is 54.4. The number of alkyl halides is 3. The van der Waals surface area contributed by atoms with Crippen LogP contribution in [0.2, 0.25) is 0 Å². The van der Waals surface area contributed by atoms with Crippen molar-refractivity contribution in [3.63, 3.8) is 0 Å². The Bertz CT molecular complexity index is 1420. The standard InChI is InChI=1S/C26H21F4N3O2/c1-14-6-4-7-15(2)22(14)20-12-17(10-11-21(20)27)24-31-16(3)23(33(24)35)25(34)32-19-9-5-8-18(13-19)26(28,29)30/h4-13,35H,1-3H3,(H,32,34)/p+1. The van der Waals surface area contributed by atoms with E-state index in [1.54, 1.807) is 6.07 Å². The van der Waals surface area contributed by atoms with Crippen LogP contribution in [0.15, 0.2) is 60.7 Å². The van der Waals surface area contributed by atoms with Crippen LogP contribution < -0.4 is 10.0 Å². The van der Waals surface area contributed by atoms with Crippen molar-refractivity contribution in [1.82, 2.24) is 4.98 Å². The number of halogens is 4. The Hall–Kier alpha value is -4.14. The molecule has 35 heavy (non-hydrogen) atoms. The number of H-pyrrole nitrogens is 1. The van der Waals surface area contributed by atoms with Gasteiger partial charge in [-0.05, 0) is 71.7 Å². The van der Waals surface area contributed by atoms with Crippen molar-refractivity contribution in [2.75, 3.05) is 5.32 Å². The van der Waals surface area contributed by atoms with E-state index in [1.807, 2.05) is 32.0 Å². The number of aryl methyl sites for hydroxylation is 3. The van der Waals surface area contributed by atoms with Gasteiger partial charge in [0.15, 0.2) is 5.69 Å². The molecule has 1 amide bonds. The molecule has 9 heteroatoms. The zero-order valence-electron chi connectivity index (χ0n) is 19.1. The maximum absolute atomic E-state index is 14.8. The lowest BCUT2D eigenvalue weighted by molar-refractivity contribution is -0.896. The molecule has 1 heterocycles. The number of nitrogens with one attached hydrogen (secondary N) is 2. The van der Waals surface area contributed by atoms with Crippen molar-refractivity contribution in [2.24, 2.45) is 0 Å². The Morgan fingerprint density at radius 3 is 2.29 bits per heavy atom. The molecule has 0 saturated heterocycles. The molecule has 0 spiro atoms. The van der Waals surface area contributed by atoms with Gasteiger partial charge in [0.2, 0.25) is 0 Å². The van der Waals surface area contributed by atoms with E-state index >= 15 is 0 Å². The van der Waals surface area contributed by atoms with Gasteiger partial charge in [-0.3, -0.25) is 4.79 Å². The van der Waals surface area contributed by atoms with Crippen LogP contribution in [0.3, 0.4) is 0 Å². The maximum Gasteiger partial charge on any atom is 0.416 e. The maximum atomic E-state index is 14.8. The fourth-order valence-corrected chi connectivity index (χ4v) is 4.09. The van der Waals surface area contributed by atoms with Gasteiger partial charge in [0.1, 0.15) is 5.82 Å². The van der Waals surface area contributed by atoms with Gasteiger partial charge in [0.25, 0.3) is 5.69 Å². The highest BCUT2D eigenvalue weighted by Crippen LogP contribution is 2.33. The number of amides is 1. The summed E-state index contributed by atoms with van der Waals surface area (Å²) in [6, 6.07) is 14.1. The number of aromatic amines is 1. The zero-order chi connectivity index (χ0) is 25.5. The van der Waals surface area contributed by atoms with Crippen LogP contribution in [0, 0.1) is 26.6 Å². The van der Waals surface area contributed by atoms with Crippen LogP contribution in [0.4, 0.5) is 23.2 Å². The lowest BCUT2D eigenvalue weighted by Crippen LogP contribution is -2.39. The summed E-state index contributed by atoms with van der Waals surface area (Å²) in [7, 11) is 0. The average Bonchev–Trinajstić information content (AvgIpc) is 3.08.